The van der Waals surface area contributed by atoms with Gasteiger partial charge in [0, 0.05) is 30.4 Å². The number of rotatable bonds is 4. The molecule has 2 aromatic heterocycles. The Balaban J connectivity index is 2.08. The molecular formula is C14H17BrN4. The average Bonchev–Trinajstić information content (AvgIpc) is 2.37. The van der Waals surface area contributed by atoms with Gasteiger partial charge in [-0.1, -0.05) is 19.9 Å². The minimum Gasteiger partial charge on any atom is -0.366 e. The van der Waals surface area contributed by atoms with Crippen molar-refractivity contribution in [3.8, 4) is 0 Å². The third-order valence-electron chi connectivity index (χ3n) is 2.67. The summed E-state index contributed by atoms with van der Waals surface area (Å²) in [5.74, 6) is 1.96. The first kappa shape index (κ1) is 13.9. The van der Waals surface area contributed by atoms with E-state index in [0.29, 0.717) is 12.5 Å². The summed E-state index contributed by atoms with van der Waals surface area (Å²) < 4.78 is 0.802. The van der Waals surface area contributed by atoms with Gasteiger partial charge in [-0.25, -0.2) is 9.97 Å². The van der Waals surface area contributed by atoms with Crippen LogP contribution in [0.4, 0.5) is 5.82 Å². The Hall–Kier alpha value is -1.49. The number of hydrogen-bond donors (Lipinski definition) is 1. The number of hydrogen-bond acceptors (Lipinski definition) is 4. The number of nitrogens with zero attached hydrogens (tertiary/aromatic N) is 3. The molecule has 5 heteroatoms. The van der Waals surface area contributed by atoms with Crippen molar-refractivity contribution >= 4 is 21.7 Å². The highest BCUT2D eigenvalue weighted by Crippen LogP contribution is 2.17. The molecule has 2 aromatic rings. The Labute approximate surface area is 121 Å². The molecule has 0 aliphatic rings. The van der Waals surface area contributed by atoms with Gasteiger partial charge >= 0.3 is 0 Å². The summed E-state index contributed by atoms with van der Waals surface area (Å²) in [5.41, 5.74) is 2.15. The lowest BCUT2D eigenvalue weighted by molar-refractivity contribution is 0.769. The van der Waals surface area contributed by atoms with Gasteiger partial charge < -0.3 is 5.32 Å². The van der Waals surface area contributed by atoms with Gasteiger partial charge in [0.1, 0.15) is 16.2 Å². The largest absolute Gasteiger partial charge is 0.366 e. The van der Waals surface area contributed by atoms with Crippen molar-refractivity contribution < 1.29 is 0 Å². The summed E-state index contributed by atoms with van der Waals surface area (Å²) in [7, 11) is 0. The smallest absolute Gasteiger partial charge is 0.134 e. The molecule has 0 fully saturated rings. The van der Waals surface area contributed by atoms with Gasteiger partial charge in [0.2, 0.25) is 0 Å². The highest BCUT2D eigenvalue weighted by molar-refractivity contribution is 9.10. The second-order valence-corrected chi connectivity index (χ2v) is 5.56. The molecule has 0 aromatic carbocycles. The molecule has 0 aliphatic carbocycles. The van der Waals surface area contributed by atoms with Crippen LogP contribution in [0, 0.1) is 6.92 Å². The maximum absolute atomic E-state index is 4.49. The van der Waals surface area contributed by atoms with Crippen LogP contribution in [0.5, 0.6) is 0 Å². The van der Waals surface area contributed by atoms with Crippen molar-refractivity contribution in [2.45, 2.75) is 33.2 Å². The molecule has 19 heavy (non-hydrogen) atoms. The molecule has 0 unspecified atom stereocenters. The van der Waals surface area contributed by atoms with E-state index in [9.17, 15) is 0 Å². The van der Waals surface area contributed by atoms with Gasteiger partial charge in [0.15, 0.2) is 0 Å². The fourth-order valence-electron chi connectivity index (χ4n) is 1.58. The zero-order valence-electron chi connectivity index (χ0n) is 11.3. The topological polar surface area (TPSA) is 50.7 Å². The molecule has 1 N–H and O–H groups in total. The van der Waals surface area contributed by atoms with E-state index in [1.165, 1.54) is 0 Å². The number of halogens is 1. The third kappa shape index (κ3) is 3.99. The van der Waals surface area contributed by atoms with Crippen LogP contribution in [-0.2, 0) is 6.54 Å². The molecular weight excluding hydrogens is 304 g/mol. The minimum absolute atomic E-state index is 0.305. The number of anilines is 1. The number of pyridine rings is 1. The standard InChI is InChI=1S/C14H17BrN4/c1-9(2)14-18-12(15)6-13(19-14)17-8-11-5-4-10(3)16-7-11/h4-7,9H,8H2,1-3H3,(H,17,18,19). The number of aromatic nitrogens is 3. The highest BCUT2D eigenvalue weighted by Gasteiger charge is 2.06. The van der Waals surface area contributed by atoms with Crippen molar-refractivity contribution in [1.82, 2.24) is 15.0 Å². The maximum Gasteiger partial charge on any atom is 0.134 e. The second kappa shape index (κ2) is 6.10. The maximum atomic E-state index is 4.49. The number of nitrogens with one attached hydrogen (secondary N) is 1. The summed E-state index contributed by atoms with van der Waals surface area (Å²) in [5, 5.41) is 3.30. The van der Waals surface area contributed by atoms with E-state index >= 15 is 0 Å². The summed E-state index contributed by atoms with van der Waals surface area (Å²) in [6, 6.07) is 5.95. The summed E-state index contributed by atoms with van der Waals surface area (Å²) in [6.45, 7) is 6.84. The molecule has 4 nitrogen and oxygen atoms in total. The lowest BCUT2D eigenvalue weighted by atomic mass is 10.2. The van der Waals surface area contributed by atoms with Crippen molar-refractivity contribution in [2.24, 2.45) is 0 Å². The number of aryl methyl sites for hydroxylation is 1. The second-order valence-electron chi connectivity index (χ2n) is 4.75. The van der Waals surface area contributed by atoms with Crippen molar-refractivity contribution in [2.75, 3.05) is 5.32 Å². The van der Waals surface area contributed by atoms with Gasteiger partial charge in [-0.2, -0.15) is 0 Å². The fraction of sp³-hybridized carbons (Fsp3) is 0.357. The van der Waals surface area contributed by atoms with Crippen molar-refractivity contribution in [3.05, 3.63) is 46.1 Å². The summed E-state index contributed by atoms with van der Waals surface area (Å²) in [6.07, 6.45) is 1.88. The Morgan fingerprint density at radius 1 is 1.26 bits per heavy atom. The fourth-order valence-corrected chi connectivity index (χ4v) is 1.98. The molecule has 0 radical (unpaired) electrons. The highest BCUT2D eigenvalue weighted by atomic mass is 79.9. The first-order valence-corrected chi connectivity index (χ1v) is 7.04. The van der Waals surface area contributed by atoms with Crippen LogP contribution in [0.2, 0.25) is 0 Å². The zero-order chi connectivity index (χ0) is 13.8. The van der Waals surface area contributed by atoms with Gasteiger partial charge in [-0.3, -0.25) is 4.98 Å². The molecule has 2 heterocycles. The van der Waals surface area contributed by atoms with Crippen LogP contribution in [0.15, 0.2) is 29.0 Å². The molecule has 0 amide bonds. The molecule has 0 spiro atoms. The molecule has 2 rings (SSSR count). The predicted molar refractivity (Wildman–Crippen MR) is 80.1 cm³/mol. The van der Waals surface area contributed by atoms with Crippen molar-refractivity contribution in [1.29, 1.82) is 0 Å². The molecule has 0 bridgehead atoms. The van der Waals surface area contributed by atoms with Crippen LogP contribution in [0.3, 0.4) is 0 Å². The van der Waals surface area contributed by atoms with Crippen LogP contribution in [0.25, 0.3) is 0 Å². The predicted octanol–water partition coefficient (Wildman–Crippen LogP) is 3.68. The van der Waals surface area contributed by atoms with E-state index in [4.69, 9.17) is 0 Å². The Morgan fingerprint density at radius 2 is 2.05 bits per heavy atom. The first-order valence-electron chi connectivity index (χ1n) is 6.24. The average molecular weight is 321 g/mol. The molecule has 0 saturated heterocycles. The molecule has 0 aliphatic heterocycles. The van der Waals surface area contributed by atoms with Gasteiger partial charge in [0.25, 0.3) is 0 Å². The normalized spacial score (nSPS) is 10.8. The lowest BCUT2D eigenvalue weighted by Crippen LogP contribution is -2.06. The monoisotopic (exact) mass is 320 g/mol. The minimum atomic E-state index is 0.305. The quantitative estimate of drug-likeness (QED) is 0.873. The summed E-state index contributed by atoms with van der Waals surface area (Å²) >= 11 is 3.41. The summed E-state index contributed by atoms with van der Waals surface area (Å²) in [4.78, 5) is 13.1. The van der Waals surface area contributed by atoms with E-state index in [1.54, 1.807) is 0 Å². The van der Waals surface area contributed by atoms with Gasteiger partial charge in [-0.15, -0.1) is 0 Å². The van der Waals surface area contributed by atoms with E-state index in [-0.39, 0.29) is 0 Å². The van der Waals surface area contributed by atoms with Crippen molar-refractivity contribution in [3.63, 3.8) is 0 Å². The Kier molecular flexibility index (Phi) is 4.47. The first-order chi connectivity index (χ1) is 9.04. The Morgan fingerprint density at radius 3 is 2.68 bits per heavy atom. The third-order valence-corrected chi connectivity index (χ3v) is 3.08. The van der Waals surface area contributed by atoms with Crippen LogP contribution in [0.1, 0.15) is 36.8 Å². The molecule has 100 valence electrons. The SMILES string of the molecule is Cc1ccc(CNc2cc(Br)nc(C(C)C)n2)cn1. The van der Waals surface area contributed by atoms with E-state index in [1.807, 2.05) is 25.3 Å². The van der Waals surface area contributed by atoms with Crippen LogP contribution in [-0.4, -0.2) is 15.0 Å². The molecule has 0 atom stereocenters. The van der Waals surface area contributed by atoms with Gasteiger partial charge in [-0.05, 0) is 34.5 Å². The van der Waals surface area contributed by atoms with Crippen LogP contribution < -0.4 is 5.32 Å². The van der Waals surface area contributed by atoms with E-state index < -0.39 is 0 Å². The van der Waals surface area contributed by atoms with Gasteiger partial charge in [0.05, 0.1) is 0 Å². The zero-order valence-corrected chi connectivity index (χ0v) is 12.9. The van der Waals surface area contributed by atoms with E-state index in [0.717, 1.165) is 27.5 Å². The van der Waals surface area contributed by atoms with Crippen LogP contribution >= 0.6 is 15.9 Å². The Bertz CT molecular complexity index is 552. The van der Waals surface area contributed by atoms with E-state index in [2.05, 4.69) is 56.1 Å². The lowest BCUT2D eigenvalue weighted by Gasteiger charge is -2.09. The molecule has 0 saturated carbocycles.